The van der Waals surface area contributed by atoms with Crippen molar-refractivity contribution in [1.82, 2.24) is 20.0 Å². The fourth-order valence-electron chi connectivity index (χ4n) is 3.87. The summed E-state index contributed by atoms with van der Waals surface area (Å²) in [6, 6.07) is 17.2. The topological polar surface area (TPSA) is 76.5 Å². The molecule has 7 heteroatoms. The molecule has 0 spiro atoms. The molecule has 156 valence electrons. The number of ether oxygens (including phenoxy) is 1. The maximum absolute atomic E-state index is 13.0. The first-order valence-corrected chi connectivity index (χ1v) is 10.2. The lowest BCUT2D eigenvalue weighted by atomic mass is 10.0. The zero-order chi connectivity index (χ0) is 20.9. The van der Waals surface area contributed by atoms with Crippen LogP contribution in [0.3, 0.4) is 0 Å². The van der Waals surface area contributed by atoms with Crippen molar-refractivity contribution >= 4 is 16.7 Å². The van der Waals surface area contributed by atoms with Crippen LogP contribution in [-0.2, 0) is 23.0 Å². The van der Waals surface area contributed by atoms with E-state index in [2.05, 4.69) is 15.3 Å². The van der Waals surface area contributed by atoms with Gasteiger partial charge in [-0.2, -0.15) is 5.10 Å². The minimum Gasteiger partial charge on any atom is -0.379 e. The molecule has 2 heterocycles. The van der Waals surface area contributed by atoms with E-state index in [9.17, 15) is 9.59 Å². The van der Waals surface area contributed by atoms with Crippen LogP contribution in [0.15, 0.2) is 59.4 Å². The predicted molar refractivity (Wildman–Crippen MR) is 115 cm³/mol. The summed E-state index contributed by atoms with van der Waals surface area (Å²) in [5.74, 6) is -0.117. The van der Waals surface area contributed by atoms with Gasteiger partial charge in [0.15, 0.2) is 0 Å². The van der Waals surface area contributed by atoms with Crippen LogP contribution >= 0.6 is 0 Å². The number of nitrogens with one attached hydrogen (secondary N) is 1. The molecule has 0 bridgehead atoms. The second-order valence-electron chi connectivity index (χ2n) is 7.54. The average Bonchev–Trinajstić information content (AvgIpc) is 2.78. The van der Waals surface area contributed by atoms with Crippen molar-refractivity contribution in [1.29, 1.82) is 0 Å². The Morgan fingerprint density at radius 1 is 1.07 bits per heavy atom. The molecule has 1 atom stereocenters. The summed E-state index contributed by atoms with van der Waals surface area (Å²) in [5.41, 5.74) is 1.50. The molecule has 1 aliphatic rings. The van der Waals surface area contributed by atoms with Crippen molar-refractivity contribution < 1.29 is 9.53 Å². The quantitative estimate of drug-likeness (QED) is 0.674. The molecular weight excluding hydrogens is 380 g/mol. The highest BCUT2D eigenvalue weighted by atomic mass is 16.5. The van der Waals surface area contributed by atoms with Crippen molar-refractivity contribution in [3.63, 3.8) is 0 Å². The van der Waals surface area contributed by atoms with Crippen LogP contribution in [0.4, 0.5) is 0 Å². The summed E-state index contributed by atoms with van der Waals surface area (Å²) in [6.07, 6.45) is 0.112. The first-order chi connectivity index (χ1) is 14.6. The normalized spacial score (nSPS) is 15.8. The SMILES string of the molecule is Cn1nc(CC(=O)N[C@H](CN2CCOCC2)c2ccccc2)c2ccccc2c1=O. The van der Waals surface area contributed by atoms with Crippen molar-refractivity contribution in [2.75, 3.05) is 32.8 Å². The average molecular weight is 406 g/mol. The molecule has 0 radical (unpaired) electrons. The lowest BCUT2D eigenvalue weighted by Gasteiger charge is -2.31. The van der Waals surface area contributed by atoms with Crippen molar-refractivity contribution in [2.45, 2.75) is 12.5 Å². The van der Waals surface area contributed by atoms with Crippen LogP contribution < -0.4 is 10.9 Å². The zero-order valence-electron chi connectivity index (χ0n) is 17.1. The Balaban J connectivity index is 1.55. The molecule has 7 nitrogen and oxygen atoms in total. The Hall–Kier alpha value is -3.03. The standard InChI is InChI=1S/C23H26N4O3/c1-26-23(29)19-10-6-5-9-18(19)20(25-26)15-22(28)24-21(17-7-3-2-4-8-17)16-27-11-13-30-14-12-27/h2-10,21H,11-16H2,1H3,(H,24,28)/t21-/m1/s1. The highest BCUT2D eigenvalue weighted by Crippen LogP contribution is 2.17. The number of fused-ring (bicyclic) bond motifs is 1. The van der Waals surface area contributed by atoms with Crippen LogP contribution in [0.25, 0.3) is 10.8 Å². The summed E-state index contributed by atoms with van der Waals surface area (Å²) < 4.78 is 6.74. The summed E-state index contributed by atoms with van der Waals surface area (Å²) in [6.45, 7) is 3.85. The molecule has 1 amide bonds. The van der Waals surface area contributed by atoms with Crippen LogP contribution in [0.5, 0.6) is 0 Å². The van der Waals surface area contributed by atoms with E-state index >= 15 is 0 Å². The van der Waals surface area contributed by atoms with Crippen molar-refractivity contribution in [3.05, 3.63) is 76.2 Å². The lowest BCUT2D eigenvalue weighted by Crippen LogP contribution is -2.43. The number of carbonyl (C=O) groups is 1. The summed E-state index contributed by atoms with van der Waals surface area (Å²) in [7, 11) is 1.61. The molecule has 3 aromatic rings. The molecule has 2 aromatic carbocycles. The third-order valence-corrected chi connectivity index (χ3v) is 5.44. The summed E-state index contributed by atoms with van der Waals surface area (Å²) >= 11 is 0. The van der Waals surface area contributed by atoms with Gasteiger partial charge in [0, 0.05) is 32.1 Å². The largest absolute Gasteiger partial charge is 0.379 e. The van der Waals surface area contributed by atoms with Gasteiger partial charge >= 0.3 is 0 Å². The molecule has 1 fully saturated rings. The van der Waals surface area contributed by atoms with Crippen LogP contribution in [0.1, 0.15) is 17.3 Å². The number of nitrogens with zero attached hydrogens (tertiary/aromatic N) is 3. The molecule has 4 rings (SSSR count). The van der Waals surface area contributed by atoms with E-state index in [4.69, 9.17) is 4.74 Å². The van der Waals surface area contributed by atoms with E-state index in [1.165, 1.54) is 4.68 Å². The zero-order valence-corrected chi connectivity index (χ0v) is 17.1. The van der Waals surface area contributed by atoms with Gasteiger partial charge in [0.1, 0.15) is 0 Å². The number of amides is 1. The van der Waals surface area contributed by atoms with Crippen LogP contribution in [-0.4, -0.2) is 53.4 Å². The molecule has 1 saturated heterocycles. The fourth-order valence-corrected chi connectivity index (χ4v) is 3.87. The molecule has 0 aliphatic carbocycles. The third kappa shape index (κ3) is 4.58. The third-order valence-electron chi connectivity index (χ3n) is 5.44. The molecule has 0 unspecified atom stereocenters. The number of aromatic nitrogens is 2. The minimum atomic E-state index is -0.163. The van der Waals surface area contributed by atoms with Gasteiger partial charge in [-0.1, -0.05) is 48.5 Å². The van der Waals surface area contributed by atoms with Gasteiger partial charge in [0.2, 0.25) is 5.91 Å². The van der Waals surface area contributed by atoms with Gasteiger partial charge in [-0.25, -0.2) is 4.68 Å². The molecule has 30 heavy (non-hydrogen) atoms. The van der Waals surface area contributed by atoms with E-state index in [0.29, 0.717) is 24.3 Å². The van der Waals surface area contributed by atoms with Gasteiger partial charge in [-0.05, 0) is 11.6 Å². The number of morpholine rings is 1. The van der Waals surface area contributed by atoms with Gasteiger partial charge in [0.05, 0.1) is 36.8 Å². The minimum absolute atomic E-state index is 0.112. The van der Waals surface area contributed by atoms with Gasteiger partial charge < -0.3 is 10.1 Å². The number of rotatable bonds is 6. The van der Waals surface area contributed by atoms with Gasteiger partial charge in [-0.15, -0.1) is 0 Å². The lowest BCUT2D eigenvalue weighted by molar-refractivity contribution is -0.121. The predicted octanol–water partition coefficient (Wildman–Crippen LogP) is 1.67. The number of hydrogen-bond acceptors (Lipinski definition) is 5. The van der Waals surface area contributed by atoms with E-state index in [-0.39, 0.29) is 23.9 Å². The monoisotopic (exact) mass is 406 g/mol. The summed E-state index contributed by atoms with van der Waals surface area (Å²) in [4.78, 5) is 27.6. The molecule has 1 N–H and O–H groups in total. The fraction of sp³-hybridized carbons (Fsp3) is 0.348. The molecule has 1 aromatic heterocycles. The Bertz CT molecular complexity index is 1070. The highest BCUT2D eigenvalue weighted by molar-refractivity contribution is 5.88. The van der Waals surface area contributed by atoms with E-state index in [0.717, 1.165) is 30.6 Å². The number of carbonyl (C=O) groups excluding carboxylic acids is 1. The number of aryl methyl sites for hydroxylation is 1. The Morgan fingerprint density at radius 3 is 2.47 bits per heavy atom. The molecule has 0 saturated carbocycles. The van der Waals surface area contributed by atoms with Crippen LogP contribution in [0.2, 0.25) is 0 Å². The maximum atomic E-state index is 13.0. The molecular formula is C23H26N4O3. The van der Waals surface area contributed by atoms with Crippen LogP contribution in [0, 0.1) is 0 Å². The van der Waals surface area contributed by atoms with Gasteiger partial charge in [-0.3, -0.25) is 14.5 Å². The first kappa shape index (κ1) is 20.3. The van der Waals surface area contributed by atoms with Crippen molar-refractivity contribution in [3.8, 4) is 0 Å². The number of benzene rings is 2. The maximum Gasteiger partial charge on any atom is 0.274 e. The Labute approximate surface area is 175 Å². The first-order valence-electron chi connectivity index (χ1n) is 10.2. The highest BCUT2D eigenvalue weighted by Gasteiger charge is 2.21. The van der Waals surface area contributed by atoms with E-state index in [1.807, 2.05) is 48.5 Å². The Morgan fingerprint density at radius 2 is 1.73 bits per heavy atom. The Kier molecular flexibility index (Phi) is 6.21. The second-order valence-corrected chi connectivity index (χ2v) is 7.54. The van der Waals surface area contributed by atoms with E-state index in [1.54, 1.807) is 13.1 Å². The molecule has 1 aliphatic heterocycles. The van der Waals surface area contributed by atoms with Gasteiger partial charge in [0.25, 0.3) is 5.56 Å². The van der Waals surface area contributed by atoms with E-state index < -0.39 is 0 Å². The second kappa shape index (κ2) is 9.19. The smallest absolute Gasteiger partial charge is 0.274 e. The number of hydrogen-bond donors (Lipinski definition) is 1. The van der Waals surface area contributed by atoms with Crippen molar-refractivity contribution in [2.24, 2.45) is 7.05 Å². The summed E-state index contributed by atoms with van der Waals surface area (Å²) in [5, 5.41) is 8.83.